The summed E-state index contributed by atoms with van der Waals surface area (Å²) in [6.07, 6.45) is 3.22. The van der Waals surface area contributed by atoms with Crippen molar-refractivity contribution in [3.63, 3.8) is 0 Å². The van der Waals surface area contributed by atoms with Crippen LogP contribution >= 0.6 is 0 Å². The maximum atomic E-state index is 11.9. The Morgan fingerprint density at radius 3 is 2.94 bits per heavy atom. The van der Waals surface area contributed by atoms with Crippen molar-refractivity contribution in [3.8, 4) is 0 Å². The third-order valence-corrected chi connectivity index (χ3v) is 2.56. The minimum absolute atomic E-state index is 0.321. The fraction of sp³-hybridized carbons (Fsp3) is 0.455. The molecular weight excluding hydrogens is 220 g/mol. The van der Waals surface area contributed by atoms with E-state index in [-0.39, 0.29) is 5.97 Å². The number of carbonyl (C=O) groups excluding carboxylic acids is 1. The van der Waals surface area contributed by atoms with Gasteiger partial charge >= 0.3 is 5.97 Å². The molecule has 0 bridgehead atoms. The quantitative estimate of drug-likeness (QED) is 0.740. The molecule has 0 saturated heterocycles. The Labute approximate surface area is 98.6 Å². The summed E-state index contributed by atoms with van der Waals surface area (Å²) in [5, 5.41) is 8.04. The second-order valence-corrected chi connectivity index (χ2v) is 4.18. The number of ether oxygens (including phenoxy) is 1. The first-order valence-corrected chi connectivity index (χ1v) is 5.40. The first kappa shape index (κ1) is 11.5. The van der Waals surface area contributed by atoms with Gasteiger partial charge in [0, 0.05) is 12.3 Å². The standard InChI is InChI=1S/C11H14N4O2/c1-4-17-10(16)11(2,3)9-14-13-8-5-6-12-7-15(8)9/h5-7H,4H2,1-3H3. The van der Waals surface area contributed by atoms with Crippen molar-refractivity contribution in [1.82, 2.24) is 19.6 Å². The highest BCUT2D eigenvalue weighted by Crippen LogP contribution is 2.23. The zero-order valence-corrected chi connectivity index (χ0v) is 10.0. The minimum atomic E-state index is -0.849. The van der Waals surface area contributed by atoms with Crippen molar-refractivity contribution in [2.75, 3.05) is 6.61 Å². The highest BCUT2D eigenvalue weighted by molar-refractivity contribution is 5.81. The lowest BCUT2D eigenvalue weighted by Gasteiger charge is -2.19. The molecule has 6 nitrogen and oxygen atoms in total. The van der Waals surface area contributed by atoms with Crippen LogP contribution in [0.25, 0.3) is 5.65 Å². The fourth-order valence-corrected chi connectivity index (χ4v) is 1.57. The molecule has 0 unspecified atom stereocenters. The smallest absolute Gasteiger partial charge is 0.319 e. The van der Waals surface area contributed by atoms with Crippen LogP contribution in [0, 0.1) is 0 Å². The molecular formula is C11H14N4O2. The van der Waals surface area contributed by atoms with Crippen LogP contribution in [0.1, 0.15) is 26.6 Å². The Morgan fingerprint density at radius 1 is 1.47 bits per heavy atom. The van der Waals surface area contributed by atoms with E-state index in [1.807, 2.05) is 0 Å². The zero-order chi connectivity index (χ0) is 12.5. The van der Waals surface area contributed by atoms with Gasteiger partial charge in [0.25, 0.3) is 0 Å². The number of carbonyl (C=O) groups is 1. The number of hydrogen-bond acceptors (Lipinski definition) is 5. The Bertz CT molecular complexity index is 547. The van der Waals surface area contributed by atoms with Crippen LogP contribution in [0.3, 0.4) is 0 Å². The summed E-state index contributed by atoms with van der Waals surface area (Å²) in [6, 6.07) is 1.73. The maximum Gasteiger partial charge on any atom is 0.319 e. The van der Waals surface area contributed by atoms with Gasteiger partial charge in [-0.15, -0.1) is 10.2 Å². The largest absolute Gasteiger partial charge is 0.465 e. The number of rotatable bonds is 3. The molecule has 0 amide bonds. The SMILES string of the molecule is CCOC(=O)C(C)(C)c1nnc2ccncn12. The highest BCUT2D eigenvalue weighted by Gasteiger charge is 2.36. The summed E-state index contributed by atoms with van der Waals surface area (Å²) in [7, 11) is 0. The van der Waals surface area contributed by atoms with E-state index in [9.17, 15) is 4.79 Å². The number of nitrogens with zero attached hydrogens (tertiary/aromatic N) is 4. The van der Waals surface area contributed by atoms with Gasteiger partial charge in [-0.2, -0.15) is 0 Å². The van der Waals surface area contributed by atoms with E-state index in [0.29, 0.717) is 18.1 Å². The molecule has 0 atom stereocenters. The van der Waals surface area contributed by atoms with E-state index in [1.54, 1.807) is 43.8 Å². The van der Waals surface area contributed by atoms with Gasteiger partial charge in [-0.3, -0.25) is 9.20 Å². The fourth-order valence-electron chi connectivity index (χ4n) is 1.57. The highest BCUT2D eigenvalue weighted by atomic mass is 16.5. The van der Waals surface area contributed by atoms with Crippen molar-refractivity contribution in [2.45, 2.75) is 26.2 Å². The third kappa shape index (κ3) is 1.86. The van der Waals surface area contributed by atoms with E-state index in [1.165, 1.54) is 0 Å². The molecule has 0 aliphatic rings. The Hall–Kier alpha value is -1.98. The molecule has 0 spiro atoms. The zero-order valence-electron chi connectivity index (χ0n) is 10.0. The van der Waals surface area contributed by atoms with Crippen LogP contribution in [0.2, 0.25) is 0 Å². The average molecular weight is 234 g/mol. The van der Waals surface area contributed by atoms with Gasteiger partial charge < -0.3 is 4.74 Å². The second kappa shape index (κ2) is 4.12. The number of esters is 1. The summed E-state index contributed by atoms with van der Waals surface area (Å²) in [4.78, 5) is 15.9. The number of hydrogen-bond donors (Lipinski definition) is 0. The van der Waals surface area contributed by atoms with Crippen LogP contribution in [0.15, 0.2) is 18.6 Å². The van der Waals surface area contributed by atoms with Crippen LogP contribution in [-0.4, -0.2) is 32.2 Å². The topological polar surface area (TPSA) is 69.4 Å². The van der Waals surface area contributed by atoms with E-state index >= 15 is 0 Å². The molecule has 0 N–H and O–H groups in total. The summed E-state index contributed by atoms with van der Waals surface area (Å²) in [6.45, 7) is 5.64. The van der Waals surface area contributed by atoms with Crippen LogP contribution in [-0.2, 0) is 14.9 Å². The van der Waals surface area contributed by atoms with Gasteiger partial charge in [0.15, 0.2) is 11.5 Å². The van der Waals surface area contributed by atoms with Gasteiger partial charge in [-0.25, -0.2) is 4.98 Å². The molecule has 2 rings (SSSR count). The van der Waals surface area contributed by atoms with Crippen molar-refractivity contribution in [2.24, 2.45) is 0 Å². The minimum Gasteiger partial charge on any atom is -0.465 e. The monoisotopic (exact) mass is 234 g/mol. The van der Waals surface area contributed by atoms with Gasteiger partial charge in [0.1, 0.15) is 11.7 Å². The van der Waals surface area contributed by atoms with Crippen LogP contribution in [0.4, 0.5) is 0 Å². The normalized spacial score (nSPS) is 11.7. The average Bonchev–Trinajstić information content (AvgIpc) is 2.73. The van der Waals surface area contributed by atoms with Gasteiger partial charge in [0.2, 0.25) is 0 Å². The maximum absolute atomic E-state index is 11.9. The molecule has 0 radical (unpaired) electrons. The Kier molecular flexibility index (Phi) is 2.79. The summed E-state index contributed by atoms with van der Waals surface area (Å²) < 4.78 is 6.73. The predicted octanol–water partition coefficient (Wildman–Crippen LogP) is 0.965. The molecule has 2 aromatic heterocycles. The summed E-state index contributed by atoms with van der Waals surface area (Å²) in [5.41, 5.74) is -0.189. The van der Waals surface area contributed by atoms with Crippen molar-refractivity contribution < 1.29 is 9.53 Å². The molecule has 6 heteroatoms. The van der Waals surface area contributed by atoms with Crippen molar-refractivity contribution >= 4 is 11.6 Å². The number of fused-ring (bicyclic) bond motifs is 1. The van der Waals surface area contributed by atoms with Crippen molar-refractivity contribution in [3.05, 3.63) is 24.4 Å². The molecule has 2 heterocycles. The summed E-state index contributed by atoms with van der Waals surface area (Å²) in [5.74, 6) is 0.206. The van der Waals surface area contributed by atoms with E-state index in [2.05, 4.69) is 15.2 Å². The Morgan fingerprint density at radius 2 is 2.24 bits per heavy atom. The van der Waals surface area contributed by atoms with Crippen LogP contribution in [0.5, 0.6) is 0 Å². The van der Waals surface area contributed by atoms with E-state index < -0.39 is 5.41 Å². The molecule has 0 fully saturated rings. The molecule has 2 aromatic rings. The van der Waals surface area contributed by atoms with E-state index in [0.717, 1.165) is 0 Å². The summed E-state index contributed by atoms with van der Waals surface area (Å²) >= 11 is 0. The Balaban J connectivity index is 2.48. The van der Waals surface area contributed by atoms with Crippen LogP contribution < -0.4 is 0 Å². The van der Waals surface area contributed by atoms with Crippen molar-refractivity contribution in [1.29, 1.82) is 0 Å². The lowest BCUT2D eigenvalue weighted by Crippen LogP contribution is -2.33. The van der Waals surface area contributed by atoms with Gasteiger partial charge in [0.05, 0.1) is 6.61 Å². The molecule has 0 aromatic carbocycles. The predicted molar refractivity (Wildman–Crippen MR) is 60.4 cm³/mol. The second-order valence-electron chi connectivity index (χ2n) is 4.18. The lowest BCUT2D eigenvalue weighted by molar-refractivity contribution is -0.149. The first-order valence-electron chi connectivity index (χ1n) is 5.40. The molecule has 0 saturated carbocycles. The van der Waals surface area contributed by atoms with E-state index in [4.69, 9.17) is 4.74 Å². The molecule has 0 aliphatic heterocycles. The molecule has 90 valence electrons. The molecule has 17 heavy (non-hydrogen) atoms. The first-order chi connectivity index (χ1) is 8.07. The lowest BCUT2D eigenvalue weighted by atomic mass is 9.93. The third-order valence-electron chi connectivity index (χ3n) is 2.56. The van der Waals surface area contributed by atoms with Gasteiger partial charge in [-0.05, 0) is 20.8 Å². The van der Waals surface area contributed by atoms with Gasteiger partial charge in [-0.1, -0.05) is 0 Å². The molecule has 0 aliphatic carbocycles. The number of aromatic nitrogens is 4.